The minimum atomic E-state index is -0.373. The molecule has 3 heteroatoms. The quantitative estimate of drug-likeness (QED) is 0.582. The van der Waals surface area contributed by atoms with Gasteiger partial charge in [0.1, 0.15) is 6.10 Å². The van der Waals surface area contributed by atoms with E-state index in [0.717, 1.165) is 12.8 Å². The van der Waals surface area contributed by atoms with Gasteiger partial charge in [0, 0.05) is 6.61 Å². The number of hydrogen-bond acceptors (Lipinski definition) is 2. The third-order valence-corrected chi connectivity index (χ3v) is 2.26. The first kappa shape index (κ1) is 13.4. The van der Waals surface area contributed by atoms with Crippen LogP contribution in [0.1, 0.15) is 52.4 Å². The van der Waals surface area contributed by atoms with Crippen molar-refractivity contribution in [1.82, 2.24) is 0 Å². The fourth-order valence-corrected chi connectivity index (χ4v) is 1.44. The fraction of sp³-hybridized carbons (Fsp3) is 0.909. The van der Waals surface area contributed by atoms with Crippen LogP contribution < -0.4 is 5.73 Å². The summed E-state index contributed by atoms with van der Waals surface area (Å²) in [5.41, 5.74) is 5.20. The average molecular weight is 201 g/mol. The Bertz CT molecular complexity index is 148. The van der Waals surface area contributed by atoms with Crippen molar-refractivity contribution in [2.45, 2.75) is 58.5 Å². The lowest BCUT2D eigenvalue weighted by Gasteiger charge is -2.12. The van der Waals surface area contributed by atoms with E-state index >= 15 is 0 Å². The van der Waals surface area contributed by atoms with Crippen LogP contribution in [0.25, 0.3) is 0 Å². The lowest BCUT2D eigenvalue weighted by atomic mass is 10.1. The zero-order valence-corrected chi connectivity index (χ0v) is 9.42. The second-order valence-corrected chi connectivity index (χ2v) is 3.55. The number of amides is 1. The fourth-order valence-electron chi connectivity index (χ4n) is 1.44. The highest BCUT2D eigenvalue weighted by Crippen LogP contribution is 2.09. The number of carbonyl (C=O) groups is 1. The molecule has 1 atom stereocenters. The van der Waals surface area contributed by atoms with Crippen molar-refractivity contribution in [2.24, 2.45) is 5.73 Å². The molecule has 2 N–H and O–H groups in total. The highest BCUT2D eigenvalue weighted by atomic mass is 16.5. The summed E-state index contributed by atoms with van der Waals surface area (Å²) in [7, 11) is 0. The van der Waals surface area contributed by atoms with Gasteiger partial charge >= 0.3 is 0 Å². The molecular weight excluding hydrogens is 178 g/mol. The molecule has 1 amide bonds. The normalized spacial score (nSPS) is 12.7. The van der Waals surface area contributed by atoms with Gasteiger partial charge in [-0.1, -0.05) is 39.0 Å². The van der Waals surface area contributed by atoms with E-state index in [0.29, 0.717) is 6.61 Å². The Morgan fingerprint density at radius 3 is 2.36 bits per heavy atom. The first-order valence-corrected chi connectivity index (χ1v) is 5.63. The summed E-state index contributed by atoms with van der Waals surface area (Å²) < 4.78 is 5.24. The first-order chi connectivity index (χ1) is 6.72. The average Bonchev–Trinajstić information content (AvgIpc) is 2.15. The molecule has 84 valence electrons. The molecule has 0 bridgehead atoms. The molecule has 0 rings (SSSR count). The Balaban J connectivity index is 3.46. The predicted octanol–water partition coefficient (Wildman–Crippen LogP) is 2.24. The number of primary amides is 1. The highest BCUT2D eigenvalue weighted by molar-refractivity contribution is 5.78. The topological polar surface area (TPSA) is 52.3 Å². The van der Waals surface area contributed by atoms with Crippen LogP contribution >= 0.6 is 0 Å². The van der Waals surface area contributed by atoms with Gasteiger partial charge < -0.3 is 10.5 Å². The minimum absolute atomic E-state index is 0.331. The molecule has 0 aromatic rings. The maximum atomic E-state index is 10.9. The number of ether oxygens (including phenoxy) is 1. The lowest BCUT2D eigenvalue weighted by molar-refractivity contribution is -0.129. The van der Waals surface area contributed by atoms with Gasteiger partial charge in [-0.2, -0.15) is 0 Å². The third kappa shape index (κ3) is 6.89. The van der Waals surface area contributed by atoms with Crippen LogP contribution in [0.4, 0.5) is 0 Å². The number of nitrogens with two attached hydrogens (primary N) is 1. The summed E-state index contributed by atoms with van der Waals surface area (Å²) in [6.07, 6.45) is 6.36. The molecule has 0 unspecified atom stereocenters. The molecule has 3 nitrogen and oxygen atoms in total. The molecule has 0 fully saturated rings. The van der Waals surface area contributed by atoms with Gasteiger partial charge in [0.2, 0.25) is 5.91 Å². The number of carbonyl (C=O) groups excluding carboxylic acids is 1. The van der Waals surface area contributed by atoms with Crippen molar-refractivity contribution in [2.75, 3.05) is 6.61 Å². The SMILES string of the molecule is CCCCCCC[C@H](OCC)C(N)=O. The Labute approximate surface area is 87.0 Å². The van der Waals surface area contributed by atoms with Gasteiger partial charge in [-0.25, -0.2) is 0 Å². The van der Waals surface area contributed by atoms with E-state index < -0.39 is 0 Å². The molecule has 0 radical (unpaired) electrons. The van der Waals surface area contributed by atoms with Crippen LogP contribution in [-0.4, -0.2) is 18.6 Å². The van der Waals surface area contributed by atoms with Crippen molar-refractivity contribution < 1.29 is 9.53 Å². The summed E-state index contributed by atoms with van der Waals surface area (Å²) in [4.78, 5) is 10.9. The molecule has 0 aromatic heterocycles. The summed E-state index contributed by atoms with van der Waals surface area (Å²) in [5, 5.41) is 0. The molecular formula is C11H23NO2. The molecule has 0 aliphatic carbocycles. The standard InChI is InChI=1S/C11H23NO2/c1-3-5-6-7-8-9-10(11(12)13)14-4-2/h10H,3-9H2,1-2H3,(H2,12,13)/t10-/m0/s1. The summed E-state index contributed by atoms with van der Waals surface area (Å²) in [6, 6.07) is 0. The molecule has 0 aromatic carbocycles. The van der Waals surface area contributed by atoms with Crippen molar-refractivity contribution >= 4 is 5.91 Å². The lowest BCUT2D eigenvalue weighted by Crippen LogP contribution is -2.31. The summed E-state index contributed by atoms with van der Waals surface area (Å²) in [5.74, 6) is -0.331. The van der Waals surface area contributed by atoms with E-state index in [-0.39, 0.29) is 12.0 Å². The van der Waals surface area contributed by atoms with E-state index in [9.17, 15) is 4.79 Å². The Kier molecular flexibility index (Phi) is 8.64. The molecule has 0 saturated carbocycles. The van der Waals surface area contributed by atoms with E-state index in [4.69, 9.17) is 10.5 Å². The van der Waals surface area contributed by atoms with E-state index in [1.54, 1.807) is 0 Å². The highest BCUT2D eigenvalue weighted by Gasteiger charge is 2.13. The van der Waals surface area contributed by atoms with Crippen LogP contribution in [0.15, 0.2) is 0 Å². The Morgan fingerprint density at radius 1 is 1.21 bits per heavy atom. The zero-order chi connectivity index (χ0) is 10.8. The van der Waals surface area contributed by atoms with E-state index in [1.165, 1.54) is 25.7 Å². The van der Waals surface area contributed by atoms with Crippen LogP contribution in [0.2, 0.25) is 0 Å². The minimum Gasteiger partial charge on any atom is -0.369 e. The van der Waals surface area contributed by atoms with Crippen molar-refractivity contribution in [3.05, 3.63) is 0 Å². The molecule has 0 aliphatic rings. The smallest absolute Gasteiger partial charge is 0.246 e. The second-order valence-electron chi connectivity index (χ2n) is 3.55. The van der Waals surface area contributed by atoms with Gasteiger partial charge in [-0.15, -0.1) is 0 Å². The van der Waals surface area contributed by atoms with Crippen LogP contribution in [0, 0.1) is 0 Å². The summed E-state index contributed by atoms with van der Waals surface area (Å²) in [6.45, 7) is 4.63. The first-order valence-electron chi connectivity index (χ1n) is 5.63. The Hall–Kier alpha value is -0.570. The van der Waals surface area contributed by atoms with Crippen LogP contribution in [0.3, 0.4) is 0 Å². The second kappa shape index (κ2) is 9.00. The number of rotatable bonds is 9. The maximum Gasteiger partial charge on any atom is 0.246 e. The maximum absolute atomic E-state index is 10.9. The van der Waals surface area contributed by atoms with Gasteiger partial charge in [0.25, 0.3) is 0 Å². The molecule has 14 heavy (non-hydrogen) atoms. The van der Waals surface area contributed by atoms with Crippen molar-refractivity contribution in [1.29, 1.82) is 0 Å². The predicted molar refractivity (Wildman–Crippen MR) is 58.0 cm³/mol. The van der Waals surface area contributed by atoms with Gasteiger partial charge in [0.15, 0.2) is 0 Å². The largest absolute Gasteiger partial charge is 0.369 e. The molecule has 0 spiro atoms. The number of unbranched alkanes of at least 4 members (excludes halogenated alkanes) is 4. The number of hydrogen-bond donors (Lipinski definition) is 1. The van der Waals surface area contributed by atoms with Crippen LogP contribution in [0.5, 0.6) is 0 Å². The van der Waals surface area contributed by atoms with Crippen LogP contribution in [-0.2, 0) is 9.53 Å². The Morgan fingerprint density at radius 2 is 1.86 bits per heavy atom. The molecule has 0 aliphatic heterocycles. The van der Waals surface area contributed by atoms with E-state index in [2.05, 4.69) is 6.92 Å². The zero-order valence-electron chi connectivity index (χ0n) is 9.42. The molecule has 0 saturated heterocycles. The van der Waals surface area contributed by atoms with Crippen molar-refractivity contribution in [3.8, 4) is 0 Å². The van der Waals surface area contributed by atoms with Crippen molar-refractivity contribution in [3.63, 3.8) is 0 Å². The van der Waals surface area contributed by atoms with E-state index in [1.807, 2.05) is 6.92 Å². The monoisotopic (exact) mass is 201 g/mol. The molecule has 0 heterocycles. The van der Waals surface area contributed by atoms with Gasteiger partial charge in [-0.05, 0) is 13.3 Å². The summed E-state index contributed by atoms with van der Waals surface area (Å²) >= 11 is 0. The van der Waals surface area contributed by atoms with Gasteiger partial charge in [0.05, 0.1) is 0 Å². The van der Waals surface area contributed by atoms with Gasteiger partial charge in [-0.3, -0.25) is 4.79 Å². The third-order valence-electron chi connectivity index (χ3n) is 2.26.